The average molecular weight is 361 g/mol. The SMILES string of the molecule is C=CC(=O)N1C(C(c2ccccc2)c2ccccc2)COC12CCCCC2. The zero-order valence-electron chi connectivity index (χ0n) is 15.7. The summed E-state index contributed by atoms with van der Waals surface area (Å²) in [7, 11) is 0. The summed E-state index contributed by atoms with van der Waals surface area (Å²) in [6.07, 6.45) is 6.71. The van der Waals surface area contributed by atoms with Crippen LogP contribution in [0, 0.1) is 0 Å². The fraction of sp³-hybridized carbons (Fsp3) is 0.375. The highest BCUT2D eigenvalue weighted by Gasteiger charge is 2.52. The van der Waals surface area contributed by atoms with Gasteiger partial charge in [0.1, 0.15) is 5.72 Å². The van der Waals surface area contributed by atoms with Gasteiger partial charge in [0.05, 0.1) is 12.6 Å². The second-order valence-corrected chi connectivity index (χ2v) is 7.60. The van der Waals surface area contributed by atoms with E-state index >= 15 is 0 Å². The Kier molecular flexibility index (Phi) is 5.13. The van der Waals surface area contributed by atoms with Crippen LogP contribution in [0.2, 0.25) is 0 Å². The lowest BCUT2D eigenvalue weighted by molar-refractivity contribution is -0.152. The van der Waals surface area contributed by atoms with Crippen molar-refractivity contribution in [1.82, 2.24) is 4.90 Å². The molecule has 0 aromatic heterocycles. The summed E-state index contributed by atoms with van der Waals surface area (Å²) < 4.78 is 6.41. The van der Waals surface area contributed by atoms with Gasteiger partial charge in [0, 0.05) is 5.92 Å². The first kappa shape index (κ1) is 18.0. The van der Waals surface area contributed by atoms with Crippen molar-refractivity contribution in [2.24, 2.45) is 0 Å². The molecule has 3 heteroatoms. The van der Waals surface area contributed by atoms with Gasteiger partial charge in [-0.05, 0) is 42.9 Å². The maximum Gasteiger partial charge on any atom is 0.248 e. The number of carbonyl (C=O) groups is 1. The average Bonchev–Trinajstić information content (AvgIpc) is 3.08. The van der Waals surface area contributed by atoms with Gasteiger partial charge in [-0.15, -0.1) is 0 Å². The molecule has 0 radical (unpaired) electrons. The van der Waals surface area contributed by atoms with Crippen LogP contribution in [0.5, 0.6) is 0 Å². The Morgan fingerprint density at radius 1 is 1.00 bits per heavy atom. The maximum absolute atomic E-state index is 13.0. The van der Waals surface area contributed by atoms with Crippen LogP contribution in [0.1, 0.15) is 49.1 Å². The van der Waals surface area contributed by atoms with Gasteiger partial charge >= 0.3 is 0 Å². The Morgan fingerprint density at radius 3 is 2.07 bits per heavy atom. The van der Waals surface area contributed by atoms with E-state index in [2.05, 4.69) is 55.1 Å². The molecule has 1 atom stereocenters. The quantitative estimate of drug-likeness (QED) is 0.726. The van der Waals surface area contributed by atoms with E-state index in [-0.39, 0.29) is 17.9 Å². The third-order valence-corrected chi connectivity index (χ3v) is 6.04. The summed E-state index contributed by atoms with van der Waals surface area (Å²) >= 11 is 0. The summed E-state index contributed by atoms with van der Waals surface area (Å²) in [6, 6.07) is 20.9. The number of amides is 1. The molecule has 1 spiro atoms. The largest absolute Gasteiger partial charge is 0.353 e. The predicted octanol–water partition coefficient (Wildman–Crippen LogP) is 4.89. The highest BCUT2D eigenvalue weighted by Crippen LogP contribution is 2.45. The van der Waals surface area contributed by atoms with Crippen molar-refractivity contribution >= 4 is 5.91 Å². The van der Waals surface area contributed by atoms with Crippen molar-refractivity contribution in [3.05, 3.63) is 84.4 Å². The summed E-state index contributed by atoms with van der Waals surface area (Å²) in [6.45, 7) is 4.34. The van der Waals surface area contributed by atoms with Crippen LogP contribution in [0.3, 0.4) is 0 Å². The summed E-state index contributed by atoms with van der Waals surface area (Å²) in [5, 5.41) is 0. The fourth-order valence-corrected chi connectivity index (χ4v) is 4.84. The molecule has 0 N–H and O–H groups in total. The minimum Gasteiger partial charge on any atom is -0.353 e. The molecule has 1 unspecified atom stereocenters. The molecule has 2 fully saturated rings. The predicted molar refractivity (Wildman–Crippen MR) is 107 cm³/mol. The van der Waals surface area contributed by atoms with Crippen LogP contribution in [0.15, 0.2) is 73.3 Å². The second-order valence-electron chi connectivity index (χ2n) is 7.60. The highest BCUT2D eigenvalue weighted by atomic mass is 16.5. The zero-order valence-corrected chi connectivity index (χ0v) is 15.7. The first-order valence-electron chi connectivity index (χ1n) is 9.95. The molecular weight excluding hydrogens is 334 g/mol. The second kappa shape index (κ2) is 7.69. The van der Waals surface area contributed by atoms with Crippen LogP contribution in [-0.2, 0) is 9.53 Å². The van der Waals surface area contributed by atoms with Crippen LogP contribution in [0.25, 0.3) is 0 Å². The van der Waals surface area contributed by atoms with E-state index in [0.29, 0.717) is 6.61 Å². The van der Waals surface area contributed by atoms with Crippen molar-refractivity contribution in [2.45, 2.75) is 49.8 Å². The van der Waals surface area contributed by atoms with Crippen LogP contribution < -0.4 is 0 Å². The number of benzene rings is 2. The molecule has 1 amide bonds. The lowest BCUT2D eigenvalue weighted by atomic mass is 9.83. The Bertz CT molecular complexity index is 741. The van der Waals surface area contributed by atoms with Gasteiger partial charge in [0.15, 0.2) is 0 Å². The minimum absolute atomic E-state index is 0.0173. The Hall–Kier alpha value is -2.39. The molecule has 1 heterocycles. The number of carbonyl (C=O) groups excluding carboxylic acids is 1. The zero-order chi connectivity index (χ0) is 18.7. The topological polar surface area (TPSA) is 29.5 Å². The normalized spacial score (nSPS) is 21.5. The van der Waals surface area contributed by atoms with Gasteiger partial charge in [0.25, 0.3) is 0 Å². The van der Waals surface area contributed by atoms with Crippen molar-refractivity contribution in [3.63, 3.8) is 0 Å². The van der Waals surface area contributed by atoms with Crippen molar-refractivity contribution in [3.8, 4) is 0 Å². The number of rotatable bonds is 4. The van der Waals surface area contributed by atoms with Gasteiger partial charge in [-0.2, -0.15) is 0 Å². The van der Waals surface area contributed by atoms with Gasteiger partial charge in [-0.1, -0.05) is 73.7 Å². The number of ether oxygens (including phenoxy) is 1. The van der Waals surface area contributed by atoms with Gasteiger partial charge in [0.2, 0.25) is 5.91 Å². The van der Waals surface area contributed by atoms with Gasteiger partial charge in [-0.25, -0.2) is 0 Å². The van der Waals surface area contributed by atoms with E-state index in [0.717, 1.165) is 25.7 Å². The van der Waals surface area contributed by atoms with E-state index in [9.17, 15) is 4.79 Å². The molecule has 1 saturated heterocycles. The lowest BCUT2D eigenvalue weighted by Gasteiger charge is -2.43. The molecule has 2 aromatic rings. The molecule has 0 bridgehead atoms. The Morgan fingerprint density at radius 2 is 1.56 bits per heavy atom. The first-order chi connectivity index (χ1) is 13.2. The van der Waals surface area contributed by atoms with Crippen molar-refractivity contribution < 1.29 is 9.53 Å². The first-order valence-corrected chi connectivity index (χ1v) is 9.95. The summed E-state index contributed by atoms with van der Waals surface area (Å²) in [5.41, 5.74) is 1.97. The molecule has 1 aliphatic carbocycles. The Labute approximate surface area is 161 Å². The van der Waals surface area contributed by atoms with E-state index in [4.69, 9.17) is 4.74 Å². The summed E-state index contributed by atoms with van der Waals surface area (Å²) in [4.78, 5) is 15.0. The molecular formula is C24H27NO2. The molecule has 3 nitrogen and oxygen atoms in total. The van der Waals surface area contributed by atoms with E-state index in [1.54, 1.807) is 0 Å². The van der Waals surface area contributed by atoms with Crippen LogP contribution in [-0.4, -0.2) is 29.2 Å². The Balaban J connectivity index is 1.79. The monoisotopic (exact) mass is 361 g/mol. The van der Waals surface area contributed by atoms with Crippen molar-refractivity contribution in [1.29, 1.82) is 0 Å². The fourth-order valence-electron chi connectivity index (χ4n) is 4.84. The molecule has 1 aliphatic heterocycles. The van der Waals surface area contributed by atoms with Crippen LogP contribution in [0.4, 0.5) is 0 Å². The molecule has 1 saturated carbocycles. The maximum atomic E-state index is 13.0. The third-order valence-electron chi connectivity index (χ3n) is 6.04. The highest BCUT2D eigenvalue weighted by molar-refractivity contribution is 5.88. The number of nitrogens with zero attached hydrogens (tertiary/aromatic N) is 1. The molecule has 140 valence electrons. The summed E-state index contributed by atoms with van der Waals surface area (Å²) in [5.74, 6) is 0.0638. The van der Waals surface area contributed by atoms with Gasteiger partial charge in [-0.3, -0.25) is 4.79 Å². The molecule has 2 aliphatic rings. The van der Waals surface area contributed by atoms with E-state index in [1.165, 1.54) is 23.6 Å². The number of hydrogen-bond donors (Lipinski definition) is 0. The molecule has 4 rings (SSSR count). The standard InChI is InChI=1S/C24H27NO2/c1-2-22(26)25-21(18-27-24(25)16-10-5-11-17-24)23(19-12-6-3-7-13-19)20-14-8-4-9-15-20/h2-4,6-9,12-15,21,23H,1,5,10-11,16-18H2. The smallest absolute Gasteiger partial charge is 0.248 e. The lowest BCUT2D eigenvalue weighted by Crippen LogP contribution is -2.53. The van der Waals surface area contributed by atoms with Crippen molar-refractivity contribution in [2.75, 3.05) is 6.61 Å². The molecule has 2 aromatic carbocycles. The van der Waals surface area contributed by atoms with E-state index in [1.807, 2.05) is 17.0 Å². The van der Waals surface area contributed by atoms with Gasteiger partial charge < -0.3 is 9.64 Å². The third kappa shape index (κ3) is 3.32. The van der Waals surface area contributed by atoms with E-state index < -0.39 is 5.72 Å². The number of hydrogen-bond acceptors (Lipinski definition) is 2. The molecule has 27 heavy (non-hydrogen) atoms. The minimum atomic E-state index is -0.462. The van der Waals surface area contributed by atoms with Crippen LogP contribution >= 0.6 is 0 Å².